The number of hydrogen-bond donors (Lipinski definition) is 1. The van der Waals surface area contributed by atoms with Gasteiger partial charge in [-0.15, -0.1) is 5.10 Å². The van der Waals surface area contributed by atoms with E-state index >= 15 is 0 Å². The van der Waals surface area contributed by atoms with Crippen LogP contribution in [0.15, 0.2) is 82.8 Å². The van der Waals surface area contributed by atoms with Gasteiger partial charge >= 0.3 is 0 Å². The van der Waals surface area contributed by atoms with Crippen molar-refractivity contribution < 1.29 is 8.95 Å². The third-order valence-electron chi connectivity index (χ3n) is 6.92. The van der Waals surface area contributed by atoms with E-state index in [2.05, 4.69) is 5.10 Å². The molecule has 0 spiro atoms. The number of para-hydroxylation sites is 1. The second-order valence-corrected chi connectivity index (χ2v) is 11.8. The lowest BCUT2D eigenvalue weighted by molar-refractivity contribution is 0.163. The number of hydrogen-bond acceptors (Lipinski definition) is 5. The van der Waals surface area contributed by atoms with Gasteiger partial charge in [0.2, 0.25) is 0 Å². The molecule has 1 aliphatic carbocycles. The van der Waals surface area contributed by atoms with Crippen molar-refractivity contribution in [3.8, 4) is 16.9 Å². The predicted molar refractivity (Wildman–Crippen MR) is 155 cm³/mol. The zero-order valence-corrected chi connectivity index (χ0v) is 23.8. The molecule has 0 radical (unpaired) electrons. The second-order valence-electron chi connectivity index (χ2n) is 9.21. The molecule has 4 aromatic rings. The second kappa shape index (κ2) is 10.7. The zero-order valence-electron chi connectivity index (χ0n) is 20.7. The molecule has 2 N–H and O–H groups in total. The normalized spacial score (nSPS) is 16.2. The van der Waals surface area contributed by atoms with Crippen molar-refractivity contribution in [2.45, 2.75) is 36.2 Å². The van der Waals surface area contributed by atoms with E-state index in [9.17, 15) is 4.21 Å². The largest absolute Gasteiger partial charge is 0.471 e. The fourth-order valence-corrected chi connectivity index (χ4v) is 6.09. The van der Waals surface area contributed by atoms with Gasteiger partial charge in [0.05, 0.1) is 32.1 Å². The molecular formula is C28H25Cl3N4O2S. The molecule has 38 heavy (non-hydrogen) atoms. The summed E-state index contributed by atoms with van der Waals surface area (Å²) in [5.41, 5.74) is 3.17. The maximum atomic E-state index is 13.3. The Morgan fingerprint density at radius 1 is 1.03 bits per heavy atom. The van der Waals surface area contributed by atoms with Crippen LogP contribution in [-0.4, -0.2) is 32.2 Å². The van der Waals surface area contributed by atoms with E-state index < -0.39 is 10.8 Å². The molecule has 1 saturated carbocycles. The quantitative estimate of drug-likeness (QED) is 0.109. The molecule has 2 unspecified atom stereocenters. The Bertz CT molecular complexity index is 1530. The molecule has 5 rings (SSSR count). The van der Waals surface area contributed by atoms with Gasteiger partial charge in [0.25, 0.3) is 5.90 Å². The van der Waals surface area contributed by atoms with Gasteiger partial charge in [-0.3, -0.25) is 4.21 Å². The molecule has 0 saturated heterocycles. The van der Waals surface area contributed by atoms with Crippen LogP contribution in [-0.2, 0) is 21.0 Å². The molecule has 0 amide bonds. The summed E-state index contributed by atoms with van der Waals surface area (Å²) in [6, 6.07) is 22.3. The number of nitrogens with two attached hydrogens (primary N) is 1. The third kappa shape index (κ3) is 4.96. The van der Waals surface area contributed by atoms with Crippen LogP contribution in [0.5, 0.6) is 0 Å². The summed E-state index contributed by atoms with van der Waals surface area (Å²) >= 11 is 18.8. The fraction of sp³-hybridized carbons (Fsp3) is 0.214. The highest BCUT2D eigenvalue weighted by Gasteiger charge is 2.51. The van der Waals surface area contributed by atoms with Crippen molar-refractivity contribution in [2.75, 3.05) is 6.26 Å². The summed E-state index contributed by atoms with van der Waals surface area (Å²) in [6.07, 6.45) is 3.20. The first-order valence-electron chi connectivity index (χ1n) is 11.9. The minimum Gasteiger partial charge on any atom is -0.471 e. The summed E-state index contributed by atoms with van der Waals surface area (Å²) in [6.45, 7) is 1.99. The highest BCUT2D eigenvalue weighted by molar-refractivity contribution is 7.84. The van der Waals surface area contributed by atoms with Gasteiger partial charge < -0.3 is 10.6 Å². The van der Waals surface area contributed by atoms with Crippen LogP contribution >= 0.6 is 34.8 Å². The molecule has 2 atom stereocenters. The van der Waals surface area contributed by atoms with Crippen molar-refractivity contribution in [3.05, 3.63) is 99.1 Å². The first kappa shape index (κ1) is 26.8. The summed E-state index contributed by atoms with van der Waals surface area (Å²) < 4.78 is 21.3. The minimum atomic E-state index is -1.49. The molecule has 196 valence electrons. The van der Waals surface area contributed by atoms with Crippen molar-refractivity contribution in [3.63, 3.8) is 0 Å². The monoisotopic (exact) mass is 586 g/mol. The maximum absolute atomic E-state index is 13.3. The van der Waals surface area contributed by atoms with Crippen LogP contribution in [0.1, 0.15) is 31.0 Å². The van der Waals surface area contributed by atoms with E-state index in [1.807, 2.05) is 61.5 Å². The van der Waals surface area contributed by atoms with Gasteiger partial charge in [-0.2, -0.15) is 5.10 Å². The lowest BCUT2D eigenvalue weighted by atomic mass is 9.91. The average molecular weight is 588 g/mol. The van der Waals surface area contributed by atoms with E-state index in [1.165, 1.54) is 0 Å². The first-order valence-corrected chi connectivity index (χ1v) is 14.6. The smallest absolute Gasteiger partial charge is 0.260 e. The molecule has 6 nitrogen and oxygen atoms in total. The fourth-order valence-electron chi connectivity index (χ4n) is 4.75. The molecule has 10 heteroatoms. The number of rotatable bonds is 7. The Kier molecular flexibility index (Phi) is 7.56. The topological polar surface area (TPSA) is 82.5 Å². The number of ether oxygens (including phenoxy) is 1. The maximum Gasteiger partial charge on any atom is 0.260 e. The molecule has 1 heterocycles. The molecule has 3 aromatic carbocycles. The van der Waals surface area contributed by atoms with Gasteiger partial charge in [0.1, 0.15) is 6.10 Å². The Morgan fingerprint density at radius 2 is 1.63 bits per heavy atom. The average Bonchev–Trinajstić information content (AvgIpc) is 3.62. The van der Waals surface area contributed by atoms with Gasteiger partial charge in [-0.05, 0) is 61.7 Å². The summed E-state index contributed by atoms with van der Waals surface area (Å²) in [5, 5.41) is 10.5. The van der Waals surface area contributed by atoms with E-state index in [-0.39, 0.29) is 23.1 Å². The summed E-state index contributed by atoms with van der Waals surface area (Å²) in [7, 11) is -1.49. The van der Waals surface area contributed by atoms with Gasteiger partial charge in [-0.25, -0.2) is 4.68 Å². The van der Waals surface area contributed by atoms with Crippen LogP contribution in [0.4, 0.5) is 0 Å². The number of halogens is 3. The van der Waals surface area contributed by atoms with E-state index in [0.717, 1.165) is 24.0 Å². The molecule has 1 aliphatic rings. The van der Waals surface area contributed by atoms with E-state index in [4.69, 9.17) is 50.5 Å². The lowest BCUT2D eigenvalue weighted by Crippen LogP contribution is -2.30. The van der Waals surface area contributed by atoms with Gasteiger partial charge in [-0.1, -0.05) is 71.2 Å². The Hall–Kier alpha value is -2.84. The van der Waals surface area contributed by atoms with Crippen LogP contribution in [0, 0.1) is 0 Å². The third-order valence-corrected chi connectivity index (χ3v) is 8.71. The van der Waals surface area contributed by atoms with Gasteiger partial charge in [0, 0.05) is 27.3 Å². The predicted octanol–water partition coefficient (Wildman–Crippen LogP) is 6.99. The van der Waals surface area contributed by atoms with Crippen molar-refractivity contribution in [1.29, 1.82) is 0 Å². The zero-order chi connectivity index (χ0) is 27.0. The summed E-state index contributed by atoms with van der Waals surface area (Å²) in [4.78, 5) is 0.431. The van der Waals surface area contributed by atoms with Crippen LogP contribution in [0.3, 0.4) is 0 Å². The Morgan fingerprint density at radius 3 is 2.18 bits per heavy atom. The van der Waals surface area contributed by atoms with Crippen molar-refractivity contribution in [2.24, 2.45) is 10.9 Å². The summed E-state index contributed by atoms with van der Waals surface area (Å²) in [5.74, 6) is 5.99. The number of aromatic nitrogens is 2. The first-order chi connectivity index (χ1) is 18.2. The van der Waals surface area contributed by atoms with E-state index in [1.54, 1.807) is 29.1 Å². The van der Waals surface area contributed by atoms with Crippen LogP contribution in [0.2, 0.25) is 15.1 Å². The Balaban J connectivity index is 1.63. The van der Waals surface area contributed by atoms with Crippen molar-refractivity contribution in [1.82, 2.24) is 9.78 Å². The van der Waals surface area contributed by atoms with Gasteiger partial charge in [0.15, 0.2) is 5.69 Å². The lowest BCUT2D eigenvalue weighted by Gasteiger charge is -2.25. The van der Waals surface area contributed by atoms with E-state index in [0.29, 0.717) is 31.3 Å². The molecule has 0 bridgehead atoms. The number of nitrogens with zero attached hydrogens (tertiary/aromatic N) is 3. The highest BCUT2D eigenvalue weighted by atomic mass is 35.5. The van der Waals surface area contributed by atoms with Crippen LogP contribution in [0.25, 0.3) is 16.9 Å². The number of benzene rings is 3. The standard InChI is InChI=1S/C28H25Cl3N4O2S/c1-17(28(15-16-28)19-9-13-21(30)14-10-19)37-27(33-32)24-26(38(2)36)25(18-7-11-20(29)12-8-18)35(34-24)23-6-4-3-5-22(23)31/h3-14,17H,15-16,32H2,1-2H3. The van der Waals surface area contributed by atoms with Crippen molar-refractivity contribution >= 4 is 51.5 Å². The number of hydrazone groups is 1. The Labute approximate surface area is 238 Å². The highest BCUT2D eigenvalue weighted by Crippen LogP contribution is 2.52. The molecule has 0 aliphatic heterocycles. The molecule has 1 aromatic heterocycles. The molecular weight excluding hydrogens is 563 g/mol. The van der Waals surface area contributed by atoms with Crippen LogP contribution < -0.4 is 5.84 Å². The SMILES string of the molecule is CC(OC(=NN)c1nn(-c2ccccc2Cl)c(-c2ccc(Cl)cc2)c1S(C)=O)C1(c2ccc(Cl)cc2)CC1. The minimum absolute atomic E-state index is 0.101. The molecule has 1 fully saturated rings.